The average Bonchev–Trinajstić information content (AvgIpc) is 2.90. The third kappa shape index (κ3) is 2.46. The van der Waals surface area contributed by atoms with Crippen molar-refractivity contribution >= 4 is 45.1 Å². The van der Waals surface area contributed by atoms with Gasteiger partial charge in [-0.3, -0.25) is 14.9 Å². The van der Waals surface area contributed by atoms with Crippen LogP contribution in [0.2, 0.25) is 0 Å². The number of likely N-dealkylation sites (tertiary alicyclic amines) is 1. The first-order valence-electron chi connectivity index (χ1n) is 6.60. The standard InChI is InChI=1S/C13H14BrN3O3S/c1-7-5-8(21-9(7)14)10(18)17-4-2-3-13(6-17)11(19)15-12(20)16-13/h5H,2-4,6H2,1H3,(H2,15,16,19,20). The fourth-order valence-corrected chi connectivity index (χ4v) is 4.27. The lowest BCUT2D eigenvalue weighted by molar-refractivity contribution is -0.125. The minimum atomic E-state index is -0.964. The number of nitrogens with one attached hydrogen (secondary N) is 2. The van der Waals surface area contributed by atoms with E-state index in [0.717, 1.165) is 9.35 Å². The van der Waals surface area contributed by atoms with Crippen LogP contribution in [-0.2, 0) is 4.79 Å². The molecule has 3 heterocycles. The normalized spacial score (nSPS) is 25.1. The van der Waals surface area contributed by atoms with Gasteiger partial charge < -0.3 is 10.2 Å². The van der Waals surface area contributed by atoms with Crippen molar-refractivity contribution in [3.8, 4) is 0 Å². The summed E-state index contributed by atoms with van der Waals surface area (Å²) in [6.45, 7) is 2.75. The molecule has 4 amide bonds. The van der Waals surface area contributed by atoms with Crippen LogP contribution in [0.3, 0.4) is 0 Å². The van der Waals surface area contributed by atoms with Gasteiger partial charge in [0.15, 0.2) is 0 Å². The Morgan fingerprint density at radius 1 is 1.48 bits per heavy atom. The molecule has 0 aromatic carbocycles. The molecule has 0 radical (unpaired) electrons. The van der Waals surface area contributed by atoms with Crippen molar-refractivity contribution in [2.24, 2.45) is 0 Å². The summed E-state index contributed by atoms with van der Waals surface area (Å²) in [4.78, 5) is 38.2. The smallest absolute Gasteiger partial charge is 0.322 e. The second-order valence-electron chi connectivity index (χ2n) is 5.39. The molecule has 2 saturated heterocycles. The monoisotopic (exact) mass is 371 g/mol. The molecule has 8 heteroatoms. The molecule has 0 saturated carbocycles. The van der Waals surface area contributed by atoms with Gasteiger partial charge in [0.2, 0.25) is 0 Å². The molecule has 1 unspecified atom stereocenters. The molecule has 112 valence electrons. The van der Waals surface area contributed by atoms with Crippen molar-refractivity contribution in [3.05, 3.63) is 20.3 Å². The lowest BCUT2D eigenvalue weighted by Crippen LogP contribution is -2.59. The minimum Gasteiger partial charge on any atom is -0.335 e. The van der Waals surface area contributed by atoms with E-state index in [1.165, 1.54) is 11.3 Å². The fourth-order valence-electron chi connectivity index (χ4n) is 2.77. The number of halogens is 1. The fraction of sp³-hybridized carbons (Fsp3) is 0.462. The molecule has 0 bridgehead atoms. The number of rotatable bonds is 1. The van der Waals surface area contributed by atoms with Crippen LogP contribution < -0.4 is 10.6 Å². The largest absolute Gasteiger partial charge is 0.335 e. The molecule has 1 aromatic heterocycles. The van der Waals surface area contributed by atoms with Crippen molar-refractivity contribution < 1.29 is 14.4 Å². The number of thiophene rings is 1. The van der Waals surface area contributed by atoms with Crippen LogP contribution in [0, 0.1) is 6.92 Å². The zero-order valence-corrected chi connectivity index (χ0v) is 13.8. The second-order valence-corrected chi connectivity index (χ2v) is 7.76. The van der Waals surface area contributed by atoms with E-state index in [-0.39, 0.29) is 18.4 Å². The molecule has 3 rings (SSSR count). The third-order valence-corrected chi connectivity index (χ3v) is 5.99. The van der Waals surface area contributed by atoms with E-state index in [1.54, 1.807) is 4.90 Å². The third-order valence-electron chi connectivity index (χ3n) is 3.86. The van der Waals surface area contributed by atoms with Crippen LogP contribution >= 0.6 is 27.3 Å². The van der Waals surface area contributed by atoms with Crippen molar-refractivity contribution in [2.75, 3.05) is 13.1 Å². The number of amides is 4. The highest BCUT2D eigenvalue weighted by molar-refractivity contribution is 9.11. The van der Waals surface area contributed by atoms with Gasteiger partial charge in [0, 0.05) is 6.54 Å². The number of imide groups is 1. The summed E-state index contributed by atoms with van der Waals surface area (Å²) < 4.78 is 0.935. The van der Waals surface area contributed by atoms with Gasteiger partial charge in [0.25, 0.3) is 11.8 Å². The number of carbonyl (C=O) groups excluding carboxylic acids is 3. The topological polar surface area (TPSA) is 78.5 Å². The highest BCUT2D eigenvalue weighted by Crippen LogP contribution is 2.30. The first-order valence-corrected chi connectivity index (χ1v) is 8.21. The Hall–Kier alpha value is -1.41. The quantitative estimate of drug-likeness (QED) is 0.736. The van der Waals surface area contributed by atoms with Gasteiger partial charge in [-0.05, 0) is 47.3 Å². The van der Waals surface area contributed by atoms with Crippen molar-refractivity contribution in [3.63, 3.8) is 0 Å². The summed E-state index contributed by atoms with van der Waals surface area (Å²) in [5.74, 6) is -0.435. The van der Waals surface area contributed by atoms with E-state index in [1.807, 2.05) is 13.0 Å². The lowest BCUT2D eigenvalue weighted by Gasteiger charge is -2.37. The Labute approximate surface area is 134 Å². The van der Waals surface area contributed by atoms with E-state index >= 15 is 0 Å². The molecule has 1 aromatic rings. The maximum Gasteiger partial charge on any atom is 0.322 e. The number of aryl methyl sites for hydroxylation is 1. The summed E-state index contributed by atoms with van der Waals surface area (Å²) in [5.41, 5.74) is 0.0520. The second kappa shape index (κ2) is 5.10. The zero-order valence-electron chi connectivity index (χ0n) is 11.4. The number of piperidine rings is 1. The number of nitrogens with zero attached hydrogens (tertiary/aromatic N) is 1. The molecule has 2 aliphatic rings. The predicted molar refractivity (Wildman–Crippen MR) is 81.3 cm³/mol. The predicted octanol–water partition coefficient (Wildman–Crippen LogP) is 1.63. The van der Waals surface area contributed by atoms with E-state index < -0.39 is 11.6 Å². The molecule has 1 atom stereocenters. The molecule has 2 N–H and O–H groups in total. The van der Waals surface area contributed by atoms with Gasteiger partial charge in [0.1, 0.15) is 5.54 Å². The Morgan fingerprint density at radius 3 is 2.81 bits per heavy atom. The van der Waals surface area contributed by atoms with Crippen LogP contribution in [0.25, 0.3) is 0 Å². The molecule has 6 nitrogen and oxygen atoms in total. The van der Waals surface area contributed by atoms with E-state index in [4.69, 9.17) is 0 Å². The molecule has 21 heavy (non-hydrogen) atoms. The lowest BCUT2D eigenvalue weighted by atomic mass is 9.89. The van der Waals surface area contributed by atoms with Crippen LogP contribution in [0.5, 0.6) is 0 Å². The van der Waals surface area contributed by atoms with Gasteiger partial charge in [0.05, 0.1) is 15.2 Å². The van der Waals surface area contributed by atoms with Crippen LogP contribution in [-0.4, -0.2) is 41.4 Å². The van der Waals surface area contributed by atoms with Crippen molar-refractivity contribution in [1.29, 1.82) is 0 Å². The minimum absolute atomic E-state index is 0.0955. The first kappa shape index (κ1) is 14.5. The van der Waals surface area contributed by atoms with Crippen molar-refractivity contribution in [1.82, 2.24) is 15.5 Å². The molecular formula is C13H14BrN3O3S. The Balaban J connectivity index is 1.82. The molecule has 2 fully saturated rings. The molecule has 0 aliphatic carbocycles. The van der Waals surface area contributed by atoms with Crippen LogP contribution in [0.1, 0.15) is 28.1 Å². The van der Waals surface area contributed by atoms with Crippen LogP contribution in [0.4, 0.5) is 4.79 Å². The highest BCUT2D eigenvalue weighted by Gasteiger charge is 2.49. The maximum atomic E-state index is 12.6. The molecule has 1 spiro atoms. The van der Waals surface area contributed by atoms with E-state index in [9.17, 15) is 14.4 Å². The summed E-state index contributed by atoms with van der Waals surface area (Å²) in [5, 5.41) is 4.93. The summed E-state index contributed by atoms with van der Waals surface area (Å²) in [6.07, 6.45) is 1.24. The SMILES string of the molecule is Cc1cc(C(=O)N2CCCC3(C2)NC(=O)NC3=O)sc1Br. The number of urea groups is 1. The number of hydrogen-bond acceptors (Lipinski definition) is 4. The van der Waals surface area contributed by atoms with E-state index in [2.05, 4.69) is 26.6 Å². The van der Waals surface area contributed by atoms with Gasteiger partial charge >= 0.3 is 6.03 Å². The Kier molecular flexibility index (Phi) is 3.53. The Morgan fingerprint density at radius 2 is 2.24 bits per heavy atom. The molecular weight excluding hydrogens is 358 g/mol. The summed E-state index contributed by atoms with van der Waals surface area (Å²) in [6, 6.07) is 1.36. The van der Waals surface area contributed by atoms with E-state index in [0.29, 0.717) is 24.3 Å². The average molecular weight is 372 g/mol. The summed E-state index contributed by atoms with van der Waals surface area (Å²) >= 11 is 4.80. The first-order chi connectivity index (χ1) is 9.91. The maximum absolute atomic E-state index is 12.6. The highest BCUT2D eigenvalue weighted by atomic mass is 79.9. The van der Waals surface area contributed by atoms with Gasteiger partial charge in [-0.25, -0.2) is 4.79 Å². The zero-order chi connectivity index (χ0) is 15.2. The van der Waals surface area contributed by atoms with Gasteiger partial charge in [-0.15, -0.1) is 11.3 Å². The van der Waals surface area contributed by atoms with Crippen LogP contribution in [0.15, 0.2) is 9.85 Å². The molecule has 2 aliphatic heterocycles. The number of carbonyl (C=O) groups is 3. The van der Waals surface area contributed by atoms with Gasteiger partial charge in [-0.1, -0.05) is 0 Å². The Bertz CT molecular complexity index is 625. The van der Waals surface area contributed by atoms with Crippen molar-refractivity contribution in [2.45, 2.75) is 25.3 Å². The van der Waals surface area contributed by atoms with Gasteiger partial charge in [-0.2, -0.15) is 0 Å². The number of hydrogen-bond donors (Lipinski definition) is 2. The summed E-state index contributed by atoms with van der Waals surface area (Å²) in [7, 11) is 0.